The highest BCUT2D eigenvalue weighted by Crippen LogP contribution is 2.53. The fourth-order valence-corrected chi connectivity index (χ4v) is 9.44. The molecule has 0 bridgehead atoms. The largest absolute Gasteiger partial charge is 0.310 e. The Kier molecular flexibility index (Phi) is 7.55. The number of benzene rings is 10. The van der Waals surface area contributed by atoms with Gasteiger partial charge in [-0.2, -0.15) is 0 Å². The summed E-state index contributed by atoms with van der Waals surface area (Å²) in [6.45, 7) is 4.78. The molecule has 270 valence electrons. The van der Waals surface area contributed by atoms with Crippen molar-refractivity contribution in [1.82, 2.24) is 0 Å². The highest BCUT2D eigenvalue weighted by Gasteiger charge is 2.37. The molecule has 10 aromatic rings. The third kappa shape index (κ3) is 5.25. The van der Waals surface area contributed by atoms with Crippen LogP contribution >= 0.6 is 0 Å². The summed E-state index contributed by atoms with van der Waals surface area (Å²) in [7, 11) is 0. The zero-order chi connectivity index (χ0) is 38.1. The Morgan fingerprint density at radius 1 is 0.298 bits per heavy atom. The van der Waals surface area contributed by atoms with Crippen molar-refractivity contribution in [2.45, 2.75) is 19.3 Å². The Bertz CT molecular complexity index is 3000. The quantitative estimate of drug-likeness (QED) is 0.157. The fraction of sp³-hybridized carbons (Fsp3) is 0.0545. The summed E-state index contributed by atoms with van der Waals surface area (Å²) in [5.41, 5.74) is 11.9. The molecule has 11 rings (SSSR count). The maximum atomic E-state index is 2.51. The normalized spacial score (nSPS) is 12.9. The molecular weight excluding hydrogens is 689 g/mol. The van der Waals surface area contributed by atoms with Gasteiger partial charge in [-0.25, -0.2) is 0 Å². The van der Waals surface area contributed by atoms with Crippen LogP contribution in [0, 0.1) is 0 Å². The van der Waals surface area contributed by atoms with Crippen molar-refractivity contribution in [2.24, 2.45) is 0 Å². The van der Waals surface area contributed by atoms with Gasteiger partial charge in [0.05, 0.1) is 11.4 Å². The Labute approximate surface area is 333 Å². The molecule has 0 heterocycles. The van der Waals surface area contributed by atoms with Crippen LogP contribution in [0.1, 0.15) is 25.0 Å². The van der Waals surface area contributed by atoms with Crippen LogP contribution in [0.5, 0.6) is 0 Å². The lowest BCUT2D eigenvalue weighted by Crippen LogP contribution is -2.18. The number of hydrogen-bond donors (Lipinski definition) is 0. The van der Waals surface area contributed by atoms with E-state index in [0.717, 1.165) is 34.1 Å². The Hall–Kier alpha value is -7.16. The molecule has 0 saturated heterocycles. The molecular formula is C55H40N2. The molecule has 0 amide bonds. The van der Waals surface area contributed by atoms with E-state index in [1.807, 2.05) is 0 Å². The number of anilines is 6. The number of rotatable bonds is 6. The Morgan fingerprint density at radius 2 is 0.719 bits per heavy atom. The van der Waals surface area contributed by atoms with Gasteiger partial charge in [0.2, 0.25) is 0 Å². The van der Waals surface area contributed by atoms with Gasteiger partial charge in [-0.1, -0.05) is 159 Å². The smallest absolute Gasteiger partial charge is 0.0540 e. The average molecular weight is 729 g/mol. The minimum atomic E-state index is -0.245. The second kappa shape index (κ2) is 13.0. The van der Waals surface area contributed by atoms with Crippen LogP contribution in [0.2, 0.25) is 0 Å². The first kappa shape index (κ1) is 33.2. The van der Waals surface area contributed by atoms with Crippen LogP contribution < -0.4 is 9.80 Å². The molecule has 0 unspecified atom stereocenters. The summed E-state index contributed by atoms with van der Waals surface area (Å²) < 4.78 is 0. The van der Waals surface area contributed by atoms with Gasteiger partial charge in [-0.15, -0.1) is 0 Å². The van der Waals surface area contributed by atoms with Crippen LogP contribution in [0.15, 0.2) is 206 Å². The summed E-state index contributed by atoms with van der Waals surface area (Å²) in [5, 5.41) is 9.99. The molecule has 57 heavy (non-hydrogen) atoms. The van der Waals surface area contributed by atoms with Crippen molar-refractivity contribution in [2.75, 3.05) is 9.80 Å². The molecule has 1 aliphatic rings. The van der Waals surface area contributed by atoms with Gasteiger partial charge in [0.25, 0.3) is 0 Å². The first-order valence-electron chi connectivity index (χ1n) is 19.9. The minimum absolute atomic E-state index is 0.245. The number of hydrogen-bond acceptors (Lipinski definition) is 2. The van der Waals surface area contributed by atoms with Crippen molar-refractivity contribution in [3.63, 3.8) is 0 Å². The van der Waals surface area contributed by atoms with Gasteiger partial charge in [0.15, 0.2) is 0 Å². The molecule has 0 saturated carbocycles. The molecule has 2 nitrogen and oxygen atoms in total. The lowest BCUT2D eigenvalue weighted by molar-refractivity contribution is 0.660. The Balaban J connectivity index is 1.11. The number of fused-ring (bicyclic) bond motifs is 9. The fourth-order valence-electron chi connectivity index (χ4n) is 9.44. The monoisotopic (exact) mass is 728 g/mol. The maximum Gasteiger partial charge on any atom is 0.0540 e. The first-order valence-corrected chi connectivity index (χ1v) is 19.9. The van der Waals surface area contributed by atoms with Gasteiger partial charge in [-0.3, -0.25) is 0 Å². The van der Waals surface area contributed by atoms with Gasteiger partial charge < -0.3 is 9.80 Å². The van der Waals surface area contributed by atoms with Crippen molar-refractivity contribution < 1.29 is 0 Å². The molecule has 2 heteroatoms. The summed E-state index contributed by atoms with van der Waals surface area (Å²) in [4.78, 5) is 4.87. The Morgan fingerprint density at radius 3 is 1.21 bits per heavy atom. The second-order valence-electron chi connectivity index (χ2n) is 15.7. The van der Waals surface area contributed by atoms with Crippen LogP contribution in [0.25, 0.3) is 54.2 Å². The molecule has 0 aliphatic heterocycles. The summed E-state index contributed by atoms with van der Waals surface area (Å²) in [6.07, 6.45) is 0. The van der Waals surface area contributed by atoms with Crippen LogP contribution in [0.4, 0.5) is 34.1 Å². The molecule has 10 aromatic carbocycles. The summed E-state index contributed by atoms with van der Waals surface area (Å²) in [5.74, 6) is 0. The number of nitrogens with zero attached hydrogens (tertiary/aromatic N) is 2. The van der Waals surface area contributed by atoms with Crippen molar-refractivity contribution >= 4 is 77.2 Å². The van der Waals surface area contributed by atoms with E-state index in [-0.39, 0.29) is 5.41 Å². The predicted octanol–water partition coefficient (Wildman–Crippen LogP) is 15.5. The standard InChI is InChI=1S/C55H40N2/c1-55(2)51-35-41(56(39-17-5-3-6-18-39)40-19-7-4-8-20-40)29-33-47(51)48-34-30-42(36-52(48)55)57(53-25-13-23-45-43-21-11-9-15-37(43)27-31-49(45)53)54-26-14-24-46-44-22-12-10-16-38(44)28-32-50(46)54/h3-36H,1-2H3. The first-order chi connectivity index (χ1) is 28.0. The zero-order valence-electron chi connectivity index (χ0n) is 32.0. The van der Waals surface area contributed by atoms with E-state index in [2.05, 4.69) is 230 Å². The minimum Gasteiger partial charge on any atom is -0.310 e. The van der Waals surface area contributed by atoms with Crippen LogP contribution in [0.3, 0.4) is 0 Å². The SMILES string of the molecule is CC1(C)c2cc(N(c3ccccc3)c3ccccc3)ccc2-c2ccc(N(c3cccc4c3ccc3ccccc34)c3cccc4c3ccc3ccccc34)cc21. The summed E-state index contributed by atoms with van der Waals surface area (Å²) >= 11 is 0. The predicted molar refractivity (Wildman–Crippen MR) is 243 cm³/mol. The number of para-hydroxylation sites is 2. The lowest BCUT2D eigenvalue weighted by atomic mass is 9.82. The van der Waals surface area contributed by atoms with Gasteiger partial charge in [0.1, 0.15) is 0 Å². The van der Waals surface area contributed by atoms with Crippen LogP contribution in [-0.4, -0.2) is 0 Å². The molecule has 0 aromatic heterocycles. The molecule has 1 aliphatic carbocycles. The molecule has 0 N–H and O–H groups in total. The van der Waals surface area contributed by atoms with Crippen molar-refractivity contribution in [3.8, 4) is 11.1 Å². The molecule has 0 radical (unpaired) electrons. The van der Waals surface area contributed by atoms with Gasteiger partial charge in [0, 0.05) is 38.9 Å². The lowest BCUT2D eigenvalue weighted by Gasteiger charge is -2.30. The highest BCUT2D eigenvalue weighted by molar-refractivity contribution is 6.16. The topological polar surface area (TPSA) is 6.48 Å². The van der Waals surface area contributed by atoms with E-state index in [0.29, 0.717) is 0 Å². The van der Waals surface area contributed by atoms with Gasteiger partial charge in [-0.05, 0) is 115 Å². The third-order valence-electron chi connectivity index (χ3n) is 12.2. The second-order valence-corrected chi connectivity index (χ2v) is 15.7. The third-order valence-corrected chi connectivity index (χ3v) is 12.2. The van der Waals surface area contributed by atoms with E-state index >= 15 is 0 Å². The molecule has 0 atom stereocenters. The highest BCUT2D eigenvalue weighted by atomic mass is 15.1. The average Bonchev–Trinajstić information content (AvgIpc) is 3.49. The van der Waals surface area contributed by atoms with Crippen molar-refractivity contribution in [3.05, 3.63) is 217 Å². The van der Waals surface area contributed by atoms with E-state index in [1.165, 1.54) is 65.3 Å². The van der Waals surface area contributed by atoms with E-state index < -0.39 is 0 Å². The zero-order valence-corrected chi connectivity index (χ0v) is 32.0. The van der Waals surface area contributed by atoms with Crippen molar-refractivity contribution in [1.29, 1.82) is 0 Å². The van der Waals surface area contributed by atoms with E-state index in [1.54, 1.807) is 0 Å². The van der Waals surface area contributed by atoms with E-state index in [4.69, 9.17) is 0 Å². The van der Waals surface area contributed by atoms with Crippen LogP contribution in [-0.2, 0) is 5.41 Å². The maximum absolute atomic E-state index is 2.51. The molecule has 0 spiro atoms. The van der Waals surface area contributed by atoms with Gasteiger partial charge >= 0.3 is 0 Å². The van der Waals surface area contributed by atoms with E-state index in [9.17, 15) is 0 Å². The summed E-state index contributed by atoms with van der Waals surface area (Å²) in [6, 6.07) is 75.7. The molecule has 0 fully saturated rings.